The number of rotatable bonds is 3. The predicted octanol–water partition coefficient (Wildman–Crippen LogP) is 1.81. The Kier molecular flexibility index (Phi) is 3.29. The molecule has 0 bridgehead atoms. The third-order valence-corrected chi connectivity index (χ3v) is 2.82. The van der Waals surface area contributed by atoms with E-state index in [1.165, 1.54) is 0 Å². The quantitative estimate of drug-likeness (QED) is 0.728. The van der Waals surface area contributed by atoms with E-state index in [0.29, 0.717) is 0 Å². The molecule has 0 saturated heterocycles. The molecule has 0 radical (unpaired) electrons. The van der Waals surface area contributed by atoms with Crippen LogP contribution in [0.25, 0.3) is 0 Å². The molecule has 1 aromatic carbocycles. The van der Waals surface area contributed by atoms with E-state index in [1.54, 1.807) is 0 Å². The number of hydrogen-bond acceptors (Lipinski definition) is 1. The minimum atomic E-state index is -0.392. The summed E-state index contributed by atoms with van der Waals surface area (Å²) in [4.78, 5) is 0. The number of hydrogen-bond donors (Lipinski definition) is 1. The van der Waals surface area contributed by atoms with Crippen molar-refractivity contribution in [2.24, 2.45) is 0 Å². The van der Waals surface area contributed by atoms with Crippen LogP contribution in [0.5, 0.6) is 0 Å². The number of likely N-dealkylation sites (N-methyl/N-ethyl adjacent to an activating group) is 1. The third kappa shape index (κ3) is 2.56. The predicted molar refractivity (Wildman–Crippen MR) is 58.9 cm³/mol. The first-order chi connectivity index (χ1) is 6.43. The first-order valence-electron chi connectivity index (χ1n) is 4.97. The lowest BCUT2D eigenvalue weighted by molar-refractivity contribution is -0.898. The molecule has 0 aliphatic rings. The van der Waals surface area contributed by atoms with Crippen molar-refractivity contribution in [3.05, 3.63) is 35.9 Å². The Bertz CT molecular complexity index is 276. The van der Waals surface area contributed by atoms with Crippen molar-refractivity contribution in [3.63, 3.8) is 0 Å². The highest BCUT2D eigenvalue weighted by Gasteiger charge is 2.27. The van der Waals surface area contributed by atoms with Crippen LogP contribution in [-0.2, 0) is 0 Å². The smallest absolute Gasteiger partial charge is 0.130 e. The maximum atomic E-state index is 10.1. The molecule has 78 valence electrons. The van der Waals surface area contributed by atoms with Gasteiger partial charge in [-0.2, -0.15) is 0 Å². The standard InChI is InChI=1S/C12H20NO/c1-10(13(2,3)4)12(14)11-8-6-5-7-9-11/h5-10,12,14H,1-4H3/q+1/t10-,12+/m0/s1. The van der Waals surface area contributed by atoms with Gasteiger partial charge in [0.2, 0.25) is 0 Å². The van der Waals surface area contributed by atoms with Crippen molar-refractivity contribution in [1.82, 2.24) is 0 Å². The van der Waals surface area contributed by atoms with Gasteiger partial charge in [-0.25, -0.2) is 0 Å². The van der Waals surface area contributed by atoms with E-state index in [2.05, 4.69) is 28.1 Å². The summed E-state index contributed by atoms with van der Waals surface area (Å²) in [5.41, 5.74) is 0.994. The van der Waals surface area contributed by atoms with Crippen LogP contribution in [0, 0.1) is 0 Å². The maximum Gasteiger partial charge on any atom is 0.130 e. The fourth-order valence-corrected chi connectivity index (χ4v) is 1.35. The summed E-state index contributed by atoms with van der Waals surface area (Å²) < 4.78 is 0.760. The molecule has 1 rings (SSSR count). The van der Waals surface area contributed by atoms with Gasteiger partial charge >= 0.3 is 0 Å². The Labute approximate surface area is 86.4 Å². The van der Waals surface area contributed by atoms with Crippen LogP contribution < -0.4 is 0 Å². The van der Waals surface area contributed by atoms with E-state index in [-0.39, 0.29) is 6.04 Å². The molecule has 2 heteroatoms. The normalized spacial score (nSPS) is 16.4. The Morgan fingerprint density at radius 1 is 1.07 bits per heavy atom. The minimum Gasteiger partial charge on any atom is -0.382 e. The molecule has 2 nitrogen and oxygen atoms in total. The molecule has 0 amide bonds. The Balaban J connectivity index is 2.81. The number of aliphatic hydroxyl groups is 1. The second-order valence-electron chi connectivity index (χ2n) is 4.71. The lowest BCUT2D eigenvalue weighted by Crippen LogP contribution is -2.46. The molecular formula is C12H20NO+. The van der Waals surface area contributed by atoms with Gasteiger partial charge in [-0.3, -0.25) is 0 Å². The first-order valence-corrected chi connectivity index (χ1v) is 4.97. The summed E-state index contributed by atoms with van der Waals surface area (Å²) in [7, 11) is 6.28. The molecule has 0 aliphatic heterocycles. The van der Waals surface area contributed by atoms with E-state index in [4.69, 9.17) is 0 Å². The molecule has 14 heavy (non-hydrogen) atoms. The summed E-state index contributed by atoms with van der Waals surface area (Å²) >= 11 is 0. The molecule has 0 aromatic heterocycles. The van der Waals surface area contributed by atoms with Gasteiger partial charge in [0.25, 0.3) is 0 Å². The fraction of sp³-hybridized carbons (Fsp3) is 0.500. The lowest BCUT2D eigenvalue weighted by Gasteiger charge is -2.34. The molecule has 0 unspecified atom stereocenters. The molecule has 0 aliphatic carbocycles. The molecule has 0 saturated carbocycles. The van der Waals surface area contributed by atoms with E-state index in [9.17, 15) is 5.11 Å². The minimum absolute atomic E-state index is 0.192. The number of quaternary nitrogens is 1. The molecular weight excluding hydrogens is 174 g/mol. The number of benzene rings is 1. The molecule has 0 heterocycles. The largest absolute Gasteiger partial charge is 0.382 e. The summed E-state index contributed by atoms with van der Waals surface area (Å²) in [6.07, 6.45) is -0.392. The number of nitrogens with zero attached hydrogens (tertiary/aromatic N) is 1. The van der Waals surface area contributed by atoms with Crippen molar-refractivity contribution in [3.8, 4) is 0 Å². The van der Waals surface area contributed by atoms with Crippen LogP contribution in [0.2, 0.25) is 0 Å². The van der Waals surface area contributed by atoms with Gasteiger partial charge in [-0.15, -0.1) is 0 Å². The van der Waals surface area contributed by atoms with E-state index in [1.807, 2.05) is 30.3 Å². The fourth-order valence-electron chi connectivity index (χ4n) is 1.35. The van der Waals surface area contributed by atoms with E-state index >= 15 is 0 Å². The monoisotopic (exact) mass is 194 g/mol. The summed E-state index contributed by atoms with van der Waals surface area (Å²) in [5.74, 6) is 0. The van der Waals surface area contributed by atoms with Crippen molar-refractivity contribution < 1.29 is 9.59 Å². The van der Waals surface area contributed by atoms with Gasteiger partial charge in [-0.1, -0.05) is 30.3 Å². The molecule has 1 aromatic rings. The van der Waals surface area contributed by atoms with Crippen molar-refractivity contribution in [2.45, 2.75) is 19.1 Å². The highest BCUT2D eigenvalue weighted by atomic mass is 16.3. The Morgan fingerprint density at radius 2 is 1.57 bits per heavy atom. The third-order valence-electron chi connectivity index (χ3n) is 2.82. The average Bonchev–Trinajstić information content (AvgIpc) is 2.15. The van der Waals surface area contributed by atoms with Crippen LogP contribution in [0.3, 0.4) is 0 Å². The lowest BCUT2D eigenvalue weighted by atomic mass is 10.0. The van der Waals surface area contributed by atoms with Crippen molar-refractivity contribution in [1.29, 1.82) is 0 Å². The zero-order valence-corrected chi connectivity index (χ0v) is 9.44. The topological polar surface area (TPSA) is 20.2 Å². The summed E-state index contributed by atoms with van der Waals surface area (Å²) in [6.45, 7) is 2.07. The molecule has 0 spiro atoms. The number of aliphatic hydroxyl groups excluding tert-OH is 1. The molecule has 2 atom stereocenters. The van der Waals surface area contributed by atoms with Gasteiger partial charge in [0.15, 0.2) is 0 Å². The Hall–Kier alpha value is -0.860. The summed E-state index contributed by atoms with van der Waals surface area (Å²) in [5, 5.41) is 10.1. The van der Waals surface area contributed by atoms with Crippen LogP contribution in [0.1, 0.15) is 18.6 Å². The second-order valence-corrected chi connectivity index (χ2v) is 4.71. The van der Waals surface area contributed by atoms with Gasteiger partial charge in [-0.05, 0) is 12.5 Å². The zero-order chi connectivity index (χ0) is 10.8. The van der Waals surface area contributed by atoms with Crippen LogP contribution in [0.15, 0.2) is 30.3 Å². The molecule has 1 N–H and O–H groups in total. The van der Waals surface area contributed by atoms with Gasteiger partial charge in [0, 0.05) is 0 Å². The van der Waals surface area contributed by atoms with Gasteiger partial charge in [0.05, 0.1) is 21.1 Å². The van der Waals surface area contributed by atoms with Crippen molar-refractivity contribution in [2.75, 3.05) is 21.1 Å². The van der Waals surface area contributed by atoms with Crippen molar-refractivity contribution >= 4 is 0 Å². The first kappa shape index (κ1) is 11.2. The highest BCUT2D eigenvalue weighted by molar-refractivity contribution is 5.18. The van der Waals surface area contributed by atoms with Crippen LogP contribution in [-0.4, -0.2) is 36.8 Å². The van der Waals surface area contributed by atoms with E-state index in [0.717, 1.165) is 10.0 Å². The zero-order valence-electron chi connectivity index (χ0n) is 9.44. The average molecular weight is 194 g/mol. The van der Waals surface area contributed by atoms with Crippen LogP contribution >= 0.6 is 0 Å². The van der Waals surface area contributed by atoms with E-state index < -0.39 is 6.10 Å². The SMILES string of the molecule is C[C@@H]([C@@H](O)c1ccccc1)[N+](C)(C)C. The maximum absolute atomic E-state index is 10.1. The summed E-state index contributed by atoms with van der Waals surface area (Å²) in [6, 6.07) is 10.0. The molecule has 0 fully saturated rings. The Morgan fingerprint density at radius 3 is 2.00 bits per heavy atom. The van der Waals surface area contributed by atoms with Gasteiger partial charge < -0.3 is 9.59 Å². The van der Waals surface area contributed by atoms with Gasteiger partial charge in [0.1, 0.15) is 12.1 Å². The second kappa shape index (κ2) is 4.11. The highest BCUT2D eigenvalue weighted by Crippen LogP contribution is 2.21. The van der Waals surface area contributed by atoms with Crippen LogP contribution in [0.4, 0.5) is 0 Å².